The lowest BCUT2D eigenvalue weighted by molar-refractivity contribution is 0.0859. The second-order valence-corrected chi connectivity index (χ2v) is 8.63. The van der Waals surface area contributed by atoms with Crippen LogP contribution in [0.25, 0.3) is 0 Å². The molecular formula is C20H36O3Si. The molecule has 0 heterocycles. The number of hydrogen-bond acceptors (Lipinski definition) is 3. The maximum atomic E-state index is 5.97. The van der Waals surface area contributed by atoms with E-state index in [0.717, 1.165) is 11.6 Å². The lowest BCUT2D eigenvalue weighted by Gasteiger charge is -2.28. The summed E-state index contributed by atoms with van der Waals surface area (Å²) in [5.74, 6) is 0. The van der Waals surface area contributed by atoms with Crippen LogP contribution < -0.4 is 5.19 Å². The molecule has 4 heteroatoms. The SMILES string of the molecule is CCCCCCCCc1ccc([Si](OCC)(OCC)OCC)cc1. The molecule has 0 bridgehead atoms. The third-order valence-electron chi connectivity index (χ3n) is 4.13. The summed E-state index contributed by atoms with van der Waals surface area (Å²) in [7, 11) is -2.75. The summed E-state index contributed by atoms with van der Waals surface area (Å²) < 4.78 is 17.9. The summed E-state index contributed by atoms with van der Waals surface area (Å²) in [6.45, 7) is 10.0. The molecule has 1 aromatic rings. The van der Waals surface area contributed by atoms with Gasteiger partial charge in [0.25, 0.3) is 0 Å². The van der Waals surface area contributed by atoms with Crippen molar-refractivity contribution < 1.29 is 13.3 Å². The van der Waals surface area contributed by atoms with Crippen LogP contribution in [0, 0.1) is 0 Å². The van der Waals surface area contributed by atoms with Crippen molar-refractivity contribution in [3.05, 3.63) is 29.8 Å². The lowest BCUT2D eigenvalue weighted by atomic mass is 10.1. The number of aryl methyl sites for hydroxylation is 1. The van der Waals surface area contributed by atoms with Crippen molar-refractivity contribution in [1.82, 2.24) is 0 Å². The molecule has 0 N–H and O–H groups in total. The number of unbranched alkanes of at least 4 members (excludes halogenated alkanes) is 5. The minimum absolute atomic E-state index is 0.603. The fourth-order valence-corrected chi connectivity index (χ4v) is 5.40. The van der Waals surface area contributed by atoms with Gasteiger partial charge in [0.15, 0.2) is 0 Å². The van der Waals surface area contributed by atoms with Gasteiger partial charge in [0, 0.05) is 25.0 Å². The zero-order chi connectivity index (χ0) is 17.7. The van der Waals surface area contributed by atoms with Gasteiger partial charge in [-0.25, -0.2) is 0 Å². The highest BCUT2D eigenvalue weighted by Crippen LogP contribution is 2.14. The Morgan fingerprint density at radius 1 is 0.667 bits per heavy atom. The van der Waals surface area contributed by atoms with Crippen molar-refractivity contribution >= 4 is 14.0 Å². The molecule has 1 rings (SSSR count). The summed E-state index contributed by atoms with van der Waals surface area (Å²) >= 11 is 0. The molecule has 3 nitrogen and oxygen atoms in total. The molecule has 0 unspecified atom stereocenters. The van der Waals surface area contributed by atoms with Gasteiger partial charge in [-0.1, -0.05) is 63.3 Å². The van der Waals surface area contributed by atoms with Gasteiger partial charge in [0.2, 0.25) is 0 Å². The van der Waals surface area contributed by atoms with Crippen LogP contribution in [-0.4, -0.2) is 28.6 Å². The van der Waals surface area contributed by atoms with E-state index >= 15 is 0 Å². The van der Waals surface area contributed by atoms with E-state index in [9.17, 15) is 0 Å². The molecule has 0 spiro atoms. The molecule has 0 aliphatic heterocycles. The van der Waals surface area contributed by atoms with E-state index in [2.05, 4.69) is 31.2 Å². The molecule has 24 heavy (non-hydrogen) atoms. The Balaban J connectivity index is 2.62. The normalized spacial score (nSPS) is 11.8. The Morgan fingerprint density at radius 2 is 1.17 bits per heavy atom. The minimum Gasteiger partial charge on any atom is -0.370 e. The summed E-state index contributed by atoms with van der Waals surface area (Å²) in [5, 5.41) is 1.07. The maximum absolute atomic E-state index is 5.97. The summed E-state index contributed by atoms with van der Waals surface area (Å²) in [6.07, 6.45) is 9.17. The number of hydrogen-bond donors (Lipinski definition) is 0. The molecule has 0 radical (unpaired) electrons. The zero-order valence-corrected chi connectivity index (χ0v) is 17.1. The molecular weight excluding hydrogens is 316 g/mol. The molecule has 0 aliphatic carbocycles. The smallest absolute Gasteiger partial charge is 0.370 e. The van der Waals surface area contributed by atoms with Crippen LogP contribution in [0.1, 0.15) is 71.8 Å². The standard InChI is InChI=1S/C20H36O3Si/c1-5-9-10-11-12-13-14-19-15-17-20(18-16-19)24(21-6-2,22-7-3)23-8-4/h15-18H,5-14H2,1-4H3. The quantitative estimate of drug-likeness (QED) is 0.354. The molecule has 0 fully saturated rings. The largest absolute Gasteiger partial charge is 0.537 e. The van der Waals surface area contributed by atoms with E-state index in [4.69, 9.17) is 13.3 Å². The first kappa shape index (κ1) is 21.4. The van der Waals surface area contributed by atoms with Crippen molar-refractivity contribution in [3.8, 4) is 0 Å². The highest BCUT2D eigenvalue weighted by molar-refractivity contribution is 6.75. The van der Waals surface area contributed by atoms with Gasteiger partial charge in [-0.05, 0) is 39.2 Å². The van der Waals surface area contributed by atoms with E-state index in [1.807, 2.05) is 20.8 Å². The van der Waals surface area contributed by atoms with Crippen molar-refractivity contribution in [2.75, 3.05) is 19.8 Å². The highest BCUT2D eigenvalue weighted by Gasteiger charge is 2.43. The van der Waals surface area contributed by atoms with E-state index in [-0.39, 0.29) is 0 Å². The Bertz CT molecular complexity index is 402. The zero-order valence-electron chi connectivity index (χ0n) is 16.1. The predicted molar refractivity (Wildman–Crippen MR) is 104 cm³/mol. The molecule has 0 aromatic heterocycles. The molecule has 1 aromatic carbocycles. The van der Waals surface area contributed by atoms with Crippen LogP contribution in [0.5, 0.6) is 0 Å². The third kappa shape index (κ3) is 7.05. The number of benzene rings is 1. The van der Waals surface area contributed by atoms with E-state index in [0.29, 0.717) is 19.8 Å². The van der Waals surface area contributed by atoms with E-state index < -0.39 is 8.80 Å². The molecule has 138 valence electrons. The van der Waals surface area contributed by atoms with Gasteiger partial charge in [-0.15, -0.1) is 0 Å². The topological polar surface area (TPSA) is 27.7 Å². The van der Waals surface area contributed by atoms with Crippen molar-refractivity contribution in [2.24, 2.45) is 0 Å². The van der Waals surface area contributed by atoms with Gasteiger partial charge >= 0.3 is 8.80 Å². The van der Waals surface area contributed by atoms with Gasteiger partial charge in [-0.3, -0.25) is 0 Å². The Kier molecular flexibility index (Phi) is 11.3. The average Bonchev–Trinajstić information content (AvgIpc) is 2.59. The molecule has 0 amide bonds. The van der Waals surface area contributed by atoms with Gasteiger partial charge in [-0.2, -0.15) is 0 Å². The van der Waals surface area contributed by atoms with Crippen LogP contribution in [0.3, 0.4) is 0 Å². The monoisotopic (exact) mass is 352 g/mol. The second-order valence-electron chi connectivity index (χ2n) is 6.07. The molecule has 0 saturated carbocycles. The fourth-order valence-electron chi connectivity index (χ4n) is 2.93. The van der Waals surface area contributed by atoms with E-state index in [1.54, 1.807) is 0 Å². The molecule has 0 saturated heterocycles. The Morgan fingerprint density at radius 3 is 1.67 bits per heavy atom. The summed E-state index contributed by atoms with van der Waals surface area (Å²) in [6, 6.07) is 8.69. The fraction of sp³-hybridized carbons (Fsp3) is 0.700. The van der Waals surface area contributed by atoms with Crippen LogP contribution in [0.2, 0.25) is 0 Å². The lowest BCUT2D eigenvalue weighted by Crippen LogP contribution is -2.56. The first-order valence-corrected chi connectivity index (χ1v) is 11.5. The van der Waals surface area contributed by atoms with Crippen LogP contribution in [0.15, 0.2) is 24.3 Å². The first-order chi connectivity index (χ1) is 11.7. The Labute approximate surface area is 150 Å². The summed E-state index contributed by atoms with van der Waals surface area (Å²) in [4.78, 5) is 0. The van der Waals surface area contributed by atoms with Crippen molar-refractivity contribution in [1.29, 1.82) is 0 Å². The molecule has 0 aliphatic rings. The van der Waals surface area contributed by atoms with Crippen LogP contribution in [0.4, 0.5) is 0 Å². The maximum Gasteiger partial charge on any atom is 0.537 e. The average molecular weight is 353 g/mol. The predicted octanol–water partition coefficient (Wildman–Crippen LogP) is 4.85. The summed E-state index contributed by atoms with van der Waals surface area (Å²) in [5.41, 5.74) is 1.39. The first-order valence-electron chi connectivity index (χ1n) is 9.73. The van der Waals surface area contributed by atoms with Gasteiger partial charge < -0.3 is 13.3 Å². The molecule has 0 atom stereocenters. The van der Waals surface area contributed by atoms with Crippen LogP contribution in [-0.2, 0) is 19.7 Å². The van der Waals surface area contributed by atoms with Crippen LogP contribution >= 0.6 is 0 Å². The number of rotatable bonds is 14. The Hall–Kier alpha value is -0.683. The van der Waals surface area contributed by atoms with Crippen molar-refractivity contribution in [3.63, 3.8) is 0 Å². The van der Waals surface area contributed by atoms with E-state index in [1.165, 1.54) is 44.1 Å². The van der Waals surface area contributed by atoms with Gasteiger partial charge in [0.1, 0.15) is 0 Å². The highest BCUT2D eigenvalue weighted by atomic mass is 28.4. The second kappa shape index (κ2) is 12.6. The minimum atomic E-state index is -2.75. The van der Waals surface area contributed by atoms with Gasteiger partial charge in [0.05, 0.1) is 0 Å². The third-order valence-corrected chi connectivity index (χ3v) is 7.18. The van der Waals surface area contributed by atoms with Crippen molar-refractivity contribution in [2.45, 2.75) is 72.6 Å².